The van der Waals surface area contributed by atoms with Gasteiger partial charge in [0, 0.05) is 28.8 Å². The van der Waals surface area contributed by atoms with E-state index in [0.29, 0.717) is 28.5 Å². The van der Waals surface area contributed by atoms with Crippen LogP contribution in [0.15, 0.2) is 66.9 Å². The van der Waals surface area contributed by atoms with Crippen molar-refractivity contribution in [3.05, 3.63) is 94.4 Å². The number of pyridine rings is 1. The number of nitrogens with one attached hydrogen (secondary N) is 1. The van der Waals surface area contributed by atoms with Crippen molar-refractivity contribution >= 4 is 31.8 Å². The van der Waals surface area contributed by atoms with E-state index in [1.165, 1.54) is 13.8 Å². The molecule has 3 atom stereocenters. The number of hydrogen-bond donors (Lipinski definition) is 2. The van der Waals surface area contributed by atoms with E-state index in [1.807, 2.05) is 63.2 Å². The Hall–Kier alpha value is -2.46. The van der Waals surface area contributed by atoms with Crippen molar-refractivity contribution in [2.45, 2.75) is 58.4 Å². The molecule has 0 aliphatic heterocycles. The zero-order valence-electron chi connectivity index (χ0n) is 20.8. The van der Waals surface area contributed by atoms with E-state index in [-0.39, 0.29) is 0 Å². The number of halogens is 2. The Kier molecular flexibility index (Phi) is 8.26. The molecule has 35 heavy (non-hydrogen) atoms. The minimum atomic E-state index is -1.79. The molecule has 0 aliphatic carbocycles. The molecule has 7 heteroatoms. The second-order valence-corrected chi connectivity index (χ2v) is 10.5. The van der Waals surface area contributed by atoms with E-state index in [4.69, 9.17) is 16.3 Å². The van der Waals surface area contributed by atoms with Crippen LogP contribution in [0.25, 0.3) is 0 Å². The molecule has 0 spiro atoms. The van der Waals surface area contributed by atoms with Gasteiger partial charge in [-0.15, -0.1) is 9.24 Å². The Morgan fingerprint density at radius 1 is 1.17 bits per heavy atom. The zero-order valence-corrected chi connectivity index (χ0v) is 22.7. The fourth-order valence-corrected chi connectivity index (χ4v) is 4.36. The van der Waals surface area contributed by atoms with Gasteiger partial charge in [0.2, 0.25) is 0 Å². The van der Waals surface area contributed by atoms with Gasteiger partial charge in [0.1, 0.15) is 17.0 Å². The summed E-state index contributed by atoms with van der Waals surface area (Å²) in [5.74, 6) is 0.707. The maximum atomic E-state index is 14.6. The van der Waals surface area contributed by atoms with E-state index >= 15 is 0 Å². The third-order valence-electron chi connectivity index (χ3n) is 5.97. The quantitative estimate of drug-likeness (QED) is 0.316. The monoisotopic (exact) mass is 514 g/mol. The van der Waals surface area contributed by atoms with Crippen molar-refractivity contribution in [1.82, 2.24) is 4.98 Å². The molecule has 3 aromatic rings. The summed E-state index contributed by atoms with van der Waals surface area (Å²) in [7, 11) is 2.70. The van der Waals surface area contributed by atoms with Crippen LogP contribution in [0.2, 0.25) is 5.02 Å². The molecule has 2 N–H and O–H groups in total. The third-order valence-corrected chi connectivity index (χ3v) is 6.73. The SMILES string of the molecule is C=C(Cc1ccc(C(C)(F)C(C)O)cc1)Nc1ccc(OC(C)(C)c2nc(C)ccc2Cl)c(P)c1. The van der Waals surface area contributed by atoms with Crippen LogP contribution in [0.1, 0.15) is 50.2 Å². The molecule has 4 nitrogen and oxygen atoms in total. The van der Waals surface area contributed by atoms with Gasteiger partial charge in [-0.25, -0.2) is 4.39 Å². The normalized spacial score (nSPS) is 14.2. The maximum absolute atomic E-state index is 14.6. The molecule has 3 rings (SSSR count). The van der Waals surface area contributed by atoms with Crippen molar-refractivity contribution in [2.75, 3.05) is 5.32 Å². The fourth-order valence-electron chi connectivity index (χ4n) is 3.69. The van der Waals surface area contributed by atoms with Gasteiger partial charge in [-0.2, -0.15) is 0 Å². The number of nitrogens with zero attached hydrogens (tertiary/aromatic N) is 1. The molecule has 1 aromatic heterocycles. The summed E-state index contributed by atoms with van der Waals surface area (Å²) in [6.45, 7) is 12.8. The van der Waals surface area contributed by atoms with Crippen molar-refractivity contribution in [3.63, 3.8) is 0 Å². The van der Waals surface area contributed by atoms with Crippen LogP contribution in [0.5, 0.6) is 5.75 Å². The predicted molar refractivity (Wildman–Crippen MR) is 146 cm³/mol. The lowest BCUT2D eigenvalue weighted by Gasteiger charge is -2.28. The predicted octanol–water partition coefficient (Wildman–Crippen LogP) is 6.59. The highest BCUT2D eigenvalue weighted by atomic mass is 35.5. The lowest BCUT2D eigenvalue weighted by Crippen LogP contribution is -2.29. The first-order chi connectivity index (χ1) is 16.3. The van der Waals surface area contributed by atoms with Gasteiger partial charge in [0.05, 0.1) is 11.1 Å². The Bertz CT molecular complexity index is 1210. The number of aliphatic hydroxyl groups excluding tert-OH is 1. The highest BCUT2D eigenvalue weighted by Gasteiger charge is 2.31. The average Bonchev–Trinajstić information content (AvgIpc) is 2.77. The first kappa shape index (κ1) is 27.1. The number of aliphatic hydroxyl groups is 1. The molecule has 0 radical (unpaired) electrons. The Morgan fingerprint density at radius 3 is 2.43 bits per heavy atom. The molecular formula is C28H33ClFN2O2P. The first-order valence-corrected chi connectivity index (χ1v) is 12.4. The van der Waals surface area contributed by atoms with E-state index in [9.17, 15) is 9.50 Å². The van der Waals surface area contributed by atoms with Crippen LogP contribution >= 0.6 is 20.8 Å². The molecule has 0 bridgehead atoms. The van der Waals surface area contributed by atoms with Gasteiger partial charge >= 0.3 is 0 Å². The summed E-state index contributed by atoms with van der Waals surface area (Å²) in [6.07, 6.45) is -0.513. The van der Waals surface area contributed by atoms with Gasteiger partial charge < -0.3 is 15.2 Å². The molecule has 0 saturated heterocycles. The minimum absolute atomic E-state index is 0.447. The first-order valence-electron chi connectivity index (χ1n) is 11.4. The van der Waals surface area contributed by atoms with Crippen LogP contribution < -0.4 is 15.4 Å². The van der Waals surface area contributed by atoms with Gasteiger partial charge in [0.25, 0.3) is 0 Å². The Labute approximate surface area is 214 Å². The molecule has 3 unspecified atom stereocenters. The number of allylic oxidation sites excluding steroid dienone is 1. The summed E-state index contributed by atoms with van der Waals surface area (Å²) in [6, 6.07) is 16.6. The van der Waals surface area contributed by atoms with Crippen molar-refractivity contribution in [1.29, 1.82) is 0 Å². The van der Waals surface area contributed by atoms with E-state index in [1.54, 1.807) is 12.1 Å². The smallest absolute Gasteiger partial charge is 0.158 e. The van der Waals surface area contributed by atoms with E-state index in [2.05, 4.69) is 26.1 Å². The Balaban J connectivity index is 1.67. The largest absolute Gasteiger partial charge is 0.481 e. The zero-order chi connectivity index (χ0) is 26.0. The second kappa shape index (κ2) is 10.7. The summed E-state index contributed by atoms with van der Waals surface area (Å²) < 4.78 is 20.9. The van der Waals surface area contributed by atoms with Crippen molar-refractivity contribution in [2.24, 2.45) is 0 Å². The van der Waals surface area contributed by atoms with Crippen molar-refractivity contribution in [3.8, 4) is 5.75 Å². The van der Waals surface area contributed by atoms with Gasteiger partial charge in [-0.05, 0) is 76.1 Å². The fraction of sp³-hybridized carbons (Fsp3) is 0.321. The Morgan fingerprint density at radius 2 is 1.83 bits per heavy atom. The van der Waals surface area contributed by atoms with Gasteiger partial charge in [0.15, 0.2) is 5.67 Å². The second-order valence-electron chi connectivity index (χ2n) is 9.50. The minimum Gasteiger partial charge on any atom is -0.481 e. The van der Waals surface area contributed by atoms with Crippen LogP contribution in [0.4, 0.5) is 10.1 Å². The number of benzene rings is 2. The molecule has 2 aromatic carbocycles. The molecule has 186 valence electrons. The van der Waals surface area contributed by atoms with Crippen LogP contribution in [-0.4, -0.2) is 16.2 Å². The highest BCUT2D eigenvalue weighted by molar-refractivity contribution is 7.27. The summed E-state index contributed by atoms with van der Waals surface area (Å²) in [4.78, 5) is 4.57. The maximum Gasteiger partial charge on any atom is 0.158 e. The van der Waals surface area contributed by atoms with Crippen LogP contribution in [0.3, 0.4) is 0 Å². The number of anilines is 1. The van der Waals surface area contributed by atoms with Crippen LogP contribution in [0, 0.1) is 6.92 Å². The number of aromatic nitrogens is 1. The summed E-state index contributed by atoms with van der Waals surface area (Å²) >= 11 is 6.38. The van der Waals surface area contributed by atoms with Gasteiger partial charge in [-0.3, -0.25) is 4.98 Å². The van der Waals surface area contributed by atoms with Crippen LogP contribution in [-0.2, 0) is 17.7 Å². The third kappa shape index (κ3) is 6.61. The van der Waals surface area contributed by atoms with Gasteiger partial charge in [-0.1, -0.05) is 42.4 Å². The summed E-state index contributed by atoms with van der Waals surface area (Å²) in [5.41, 5.74) is 2.16. The standard InChI is InChI=1S/C28H33ClFN2O2P/c1-17-7-13-23(29)26(32-17)27(4,5)34-24-14-12-22(16-25(24)35)31-18(2)15-20-8-10-21(11-9-20)28(6,30)19(3)33/h7-14,16,19,31,33H,2,15,35H2,1,3-6H3. The molecular weight excluding hydrogens is 482 g/mol. The summed E-state index contributed by atoms with van der Waals surface area (Å²) in [5, 5.41) is 14.4. The van der Waals surface area contributed by atoms with E-state index < -0.39 is 17.4 Å². The lowest BCUT2D eigenvalue weighted by atomic mass is 9.92. The molecule has 1 heterocycles. The number of alkyl halides is 1. The average molecular weight is 515 g/mol. The number of aryl methyl sites for hydroxylation is 1. The molecule has 0 saturated carbocycles. The number of ether oxygens (including phenoxy) is 1. The topological polar surface area (TPSA) is 54.4 Å². The van der Waals surface area contributed by atoms with E-state index in [0.717, 1.165) is 27.9 Å². The number of rotatable bonds is 9. The molecule has 0 amide bonds. The lowest BCUT2D eigenvalue weighted by molar-refractivity contribution is 0.0135. The highest BCUT2D eigenvalue weighted by Crippen LogP contribution is 2.32. The molecule has 0 fully saturated rings. The molecule has 0 aliphatic rings. The van der Waals surface area contributed by atoms with Crippen molar-refractivity contribution < 1.29 is 14.2 Å². The number of hydrogen-bond acceptors (Lipinski definition) is 4.